The van der Waals surface area contributed by atoms with Crippen molar-refractivity contribution in [1.82, 2.24) is 5.32 Å². The lowest BCUT2D eigenvalue weighted by Gasteiger charge is -2.28. The fraction of sp³-hybridized carbons (Fsp3) is 0.625. The first kappa shape index (κ1) is 15.0. The van der Waals surface area contributed by atoms with Gasteiger partial charge in [0.1, 0.15) is 0 Å². The molecule has 0 saturated carbocycles. The van der Waals surface area contributed by atoms with Gasteiger partial charge in [-0.25, -0.2) is 0 Å². The number of hydrogen-bond acceptors (Lipinski definition) is 2. The maximum absolute atomic E-state index is 3.27. The van der Waals surface area contributed by atoms with Crippen molar-refractivity contribution >= 4 is 5.69 Å². The lowest BCUT2D eigenvalue weighted by Crippen LogP contribution is -2.30. The maximum Gasteiger partial charge on any atom is 0.0366 e. The van der Waals surface area contributed by atoms with Crippen molar-refractivity contribution in [1.29, 1.82) is 0 Å². The highest BCUT2D eigenvalue weighted by atomic mass is 15.1. The average molecular weight is 248 g/mol. The van der Waals surface area contributed by atoms with Gasteiger partial charge < -0.3 is 10.2 Å². The van der Waals surface area contributed by atoms with Crippen molar-refractivity contribution in [3.63, 3.8) is 0 Å². The van der Waals surface area contributed by atoms with E-state index in [0.717, 1.165) is 5.92 Å². The van der Waals surface area contributed by atoms with Gasteiger partial charge in [-0.1, -0.05) is 26.0 Å². The van der Waals surface area contributed by atoms with Crippen molar-refractivity contribution in [3.05, 3.63) is 29.8 Å². The van der Waals surface area contributed by atoms with Crippen molar-refractivity contribution in [3.8, 4) is 0 Å². The summed E-state index contributed by atoms with van der Waals surface area (Å²) >= 11 is 0. The standard InChI is InChI=1S/C16H28N2/c1-12(2)11-13(3)18(6)16-9-7-15(8-10-16)14(4)17-5/h7-10,12-14,17H,11H2,1-6H3. The van der Waals surface area contributed by atoms with E-state index in [4.69, 9.17) is 0 Å². The van der Waals surface area contributed by atoms with Gasteiger partial charge in [0.05, 0.1) is 0 Å². The molecule has 2 nitrogen and oxygen atoms in total. The van der Waals surface area contributed by atoms with Gasteiger partial charge in [-0.15, -0.1) is 0 Å². The first-order valence-electron chi connectivity index (χ1n) is 6.95. The molecule has 0 heterocycles. The van der Waals surface area contributed by atoms with E-state index in [2.05, 4.69) is 69.2 Å². The molecule has 0 aliphatic heterocycles. The number of anilines is 1. The van der Waals surface area contributed by atoms with Crippen LogP contribution in [0.5, 0.6) is 0 Å². The maximum atomic E-state index is 3.27. The van der Waals surface area contributed by atoms with Crippen LogP contribution in [-0.2, 0) is 0 Å². The van der Waals surface area contributed by atoms with Gasteiger partial charge in [0, 0.05) is 24.8 Å². The molecule has 1 aromatic carbocycles. The lowest BCUT2D eigenvalue weighted by atomic mass is 10.0. The van der Waals surface area contributed by atoms with Crippen LogP contribution < -0.4 is 10.2 Å². The molecule has 2 heteroatoms. The number of nitrogens with one attached hydrogen (secondary N) is 1. The van der Waals surface area contributed by atoms with Gasteiger partial charge in [-0.2, -0.15) is 0 Å². The Morgan fingerprint density at radius 2 is 1.61 bits per heavy atom. The Labute approximate surface area is 112 Å². The van der Waals surface area contributed by atoms with E-state index < -0.39 is 0 Å². The summed E-state index contributed by atoms with van der Waals surface area (Å²) < 4.78 is 0. The molecule has 0 bridgehead atoms. The Bertz CT molecular complexity index is 343. The van der Waals surface area contributed by atoms with Crippen molar-refractivity contribution < 1.29 is 0 Å². The predicted octanol–water partition coefficient (Wildman–Crippen LogP) is 3.84. The highest BCUT2D eigenvalue weighted by Gasteiger charge is 2.12. The molecular weight excluding hydrogens is 220 g/mol. The van der Waals surface area contributed by atoms with Crippen molar-refractivity contribution in [2.75, 3.05) is 19.0 Å². The summed E-state index contributed by atoms with van der Waals surface area (Å²) in [5.41, 5.74) is 2.64. The fourth-order valence-corrected chi connectivity index (χ4v) is 2.26. The molecule has 0 fully saturated rings. The van der Waals surface area contributed by atoms with Gasteiger partial charge in [-0.3, -0.25) is 0 Å². The second-order valence-electron chi connectivity index (χ2n) is 5.69. The highest BCUT2D eigenvalue weighted by Crippen LogP contribution is 2.21. The molecular formula is C16H28N2. The van der Waals surface area contributed by atoms with Crippen LogP contribution in [0.3, 0.4) is 0 Å². The summed E-state index contributed by atoms with van der Waals surface area (Å²) in [5.74, 6) is 0.742. The van der Waals surface area contributed by atoms with Gasteiger partial charge in [0.15, 0.2) is 0 Å². The Balaban J connectivity index is 2.72. The van der Waals surface area contributed by atoms with Crippen molar-refractivity contribution in [2.24, 2.45) is 5.92 Å². The van der Waals surface area contributed by atoms with E-state index in [1.165, 1.54) is 17.7 Å². The van der Waals surface area contributed by atoms with Crippen LogP contribution in [0.2, 0.25) is 0 Å². The van der Waals surface area contributed by atoms with E-state index in [-0.39, 0.29) is 0 Å². The second kappa shape index (κ2) is 6.79. The molecule has 2 unspecified atom stereocenters. The molecule has 0 amide bonds. The third-order valence-electron chi connectivity index (χ3n) is 3.71. The second-order valence-corrected chi connectivity index (χ2v) is 5.69. The van der Waals surface area contributed by atoms with Crippen LogP contribution >= 0.6 is 0 Å². The minimum absolute atomic E-state index is 0.414. The molecule has 2 atom stereocenters. The third-order valence-corrected chi connectivity index (χ3v) is 3.71. The Hall–Kier alpha value is -1.02. The zero-order chi connectivity index (χ0) is 13.7. The van der Waals surface area contributed by atoms with Crippen LogP contribution in [0.15, 0.2) is 24.3 Å². The molecule has 0 aliphatic rings. The summed E-state index contributed by atoms with van der Waals surface area (Å²) in [5, 5.41) is 3.27. The van der Waals surface area contributed by atoms with Crippen LogP contribution in [0, 0.1) is 5.92 Å². The quantitative estimate of drug-likeness (QED) is 0.823. The predicted molar refractivity (Wildman–Crippen MR) is 81.2 cm³/mol. The first-order valence-corrected chi connectivity index (χ1v) is 6.95. The van der Waals surface area contributed by atoms with E-state index >= 15 is 0 Å². The van der Waals surface area contributed by atoms with Crippen molar-refractivity contribution in [2.45, 2.75) is 46.2 Å². The zero-order valence-electron chi connectivity index (χ0n) is 12.7. The normalized spacial score (nSPS) is 14.6. The third kappa shape index (κ3) is 4.02. The molecule has 0 aromatic heterocycles. The van der Waals surface area contributed by atoms with Gasteiger partial charge in [0.2, 0.25) is 0 Å². The molecule has 0 radical (unpaired) electrons. The molecule has 1 aromatic rings. The zero-order valence-corrected chi connectivity index (χ0v) is 12.7. The highest BCUT2D eigenvalue weighted by molar-refractivity contribution is 5.48. The number of nitrogens with zero attached hydrogens (tertiary/aromatic N) is 1. The summed E-state index contributed by atoms with van der Waals surface area (Å²) in [4.78, 5) is 2.37. The minimum atomic E-state index is 0.414. The smallest absolute Gasteiger partial charge is 0.0366 e. The van der Waals surface area contributed by atoms with Crippen LogP contribution in [0.25, 0.3) is 0 Å². The summed E-state index contributed by atoms with van der Waals surface area (Å²) in [7, 11) is 4.18. The first-order chi connectivity index (χ1) is 8.45. The largest absolute Gasteiger partial charge is 0.372 e. The summed E-state index contributed by atoms with van der Waals surface area (Å²) in [6.07, 6.45) is 1.23. The van der Waals surface area contributed by atoms with Gasteiger partial charge in [-0.05, 0) is 50.9 Å². The molecule has 0 aliphatic carbocycles. The average Bonchev–Trinajstić information content (AvgIpc) is 2.36. The fourth-order valence-electron chi connectivity index (χ4n) is 2.26. The van der Waals surface area contributed by atoms with E-state index in [1.54, 1.807) is 0 Å². The monoisotopic (exact) mass is 248 g/mol. The topological polar surface area (TPSA) is 15.3 Å². The molecule has 102 valence electrons. The van der Waals surface area contributed by atoms with E-state index in [1.807, 2.05) is 7.05 Å². The molecule has 0 saturated heterocycles. The lowest BCUT2D eigenvalue weighted by molar-refractivity contribution is 0.504. The molecule has 0 spiro atoms. The number of hydrogen-bond donors (Lipinski definition) is 1. The molecule has 1 N–H and O–H groups in total. The van der Waals surface area contributed by atoms with Gasteiger partial charge in [0.25, 0.3) is 0 Å². The number of benzene rings is 1. The minimum Gasteiger partial charge on any atom is -0.372 e. The summed E-state index contributed by atoms with van der Waals surface area (Å²) in [6, 6.07) is 9.87. The Morgan fingerprint density at radius 3 is 2.06 bits per heavy atom. The van der Waals surface area contributed by atoms with Gasteiger partial charge >= 0.3 is 0 Å². The SMILES string of the molecule is CNC(C)c1ccc(N(C)C(C)CC(C)C)cc1. The van der Waals surface area contributed by atoms with Crippen LogP contribution in [0.1, 0.15) is 45.7 Å². The van der Waals surface area contributed by atoms with E-state index in [0.29, 0.717) is 12.1 Å². The Kier molecular flexibility index (Phi) is 5.67. The number of rotatable bonds is 6. The molecule has 18 heavy (non-hydrogen) atoms. The summed E-state index contributed by atoms with van der Waals surface area (Å²) in [6.45, 7) is 9.04. The van der Waals surface area contributed by atoms with E-state index in [9.17, 15) is 0 Å². The van der Waals surface area contributed by atoms with Crippen LogP contribution in [0.4, 0.5) is 5.69 Å². The Morgan fingerprint density at radius 1 is 1.06 bits per heavy atom. The molecule has 1 rings (SSSR count). The van der Waals surface area contributed by atoms with Crippen LogP contribution in [-0.4, -0.2) is 20.1 Å².